The first-order valence-corrected chi connectivity index (χ1v) is 3.10. The van der Waals surface area contributed by atoms with Crippen LogP contribution < -0.4 is 5.84 Å². The normalized spacial score (nSPS) is 13.2. The Balaban J connectivity index is 3.37. The molecule has 9 heavy (non-hydrogen) atoms. The maximum atomic E-state index is 8.35. The molecule has 0 heterocycles. The molecule has 0 aromatic heterocycles. The second-order valence-corrected chi connectivity index (χ2v) is 2.12. The zero-order chi connectivity index (χ0) is 7.28. The molecule has 3 heteroatoms. The molecule has 52 valence electrons. The predicted molar refractivity (Wildman–Crippen MR) is 36.2 cm³/mol. The van der Waals surface area contributed by atoms with Crippen molar-refractivity contribution in [3.63, 3.8) is 0 Å². The standard InChI is InChI=1S/C6H13N3/c1-3-9(8)5-6(2)4-7/h6H,3,5,8H2,1-2H3. The summed E-state index contributed by atoms with van der Waals surface area (Å²) in [5.41, 5.74) is 0. The molecule has 0 aliphatic rings. The van der Waals surface area contributed by atoms with Crippen LogP contribution in [-0.4, -0.2) is 18.1 Å². The summed E-state index contributed by atoms with van der Waals surface area (Å²) in [6, 6.07) is 2.11. The highest BCUT2D eigenvalue weighted by atomic mass is 15.4. The first-order valence-electron chi connectivity index (χ1n) is 3.10. The minimum atomic E-state index is 0.0370. The number of nitrogens with two attached hydrogens (primary N) is 1. The molecule has 0 aromatic rings. The molecule has 0 saturated carbocycles. The van der Waals surface area contributed by atoms with Crippen molar-refractivity contribution in [3.8, 4) is 6.07 Å². The van der Waals surface area contributed by atoms with Crippen molar-refractivity contribution in [1.29, 1.82) is 5.26 Å². The highest BCUT2D eigenvalue weighted by Crippen LogP contribution is 1.91. The van der Waals surface area contributed by atoms with E-state index in [4.69, 9.17) is 11.1 Å². The molecular weight excluding hydrogens is 114 g/mol. The van der Waals surface area contributed by atoms with Crippen LogP contribution in [0.5, 0.6) is 0 Å². The van der Waals surface area contributed by atoms with Crippen LogP contribution in [0.15, 0.2) is 0 Å². The quantitative estimate of drug-likeness (QED) is 0.439. The second-order valence-electron chi connectivity index (χ2n) is 2.12. The van der Waals surface area contributed by atoms with Crippen molar-refractivity contribution in [2.24, 2.45) is 11.8 Å². The lowest BCUT2D eigenvalue weighted by atomic mass is 10.2. The van der Waals surface area contributed by atoms with Crippen molar-refractivity contribution in [2.45, 2.75) is 13.8 Å². The van der Waals surface area contributed by atoms with Crippen molar-refractivity contribution in [3.05, 3.63) is 0 Å². The van der Waals surface area contributed by atoms with Gasteiger partial charge in [-0.1, -0.05) is 6.92 Å². The molecule has 0 rings (SSSR count). The van der Waals surface area contributed by atoms with E-state index in [9.17, 15) is 0 Å². The van der Waals surface area contributed by atoms with Gasteiger partial charge in [-0.2, -0.15) is 5.26 Å². The van der Waals surface area contributed by atoms with Gasteiger partial charge in [-0.15, -0.1) is 0 Å². The van der Waals surface area contributed by atoms with E-state index >= 15 is 0 Å². The van der Waals surface area contributed by atoms with Gasteiger partial charge in [0.25, 0.3) is 0 Å². The van der Waals surface area contributed by atoms with Crippen LogP contribution in [0.1, 0.15) is 13.8 Å². The summed E-state index contributed by atoms with van der Waals surface area (Å²) in [7, 11) is 0. The summed E-state index contributed by atoms with van der Waals surface area (Å²) < 4.78 is 0. The molecule has 0 aliphatic carbocycles. The summed E-state index contributed by atoms with van der Waals surface area (Å²) in [6.07, 6.45) is 0. The molecule has 1 atom stereocenters. The van der Waals surface area contributed by atoms with Crippen LogP contribution in [0.3, 0.4) is 0 Å². The summed E-state index contributed by atoms with van der Waals surface area (Å²) in [5, 5.41) is 9.98. The molecule has 0 aromatic carbocycles. The molecule has 0 aliphatic heterocycles. The van der Waals surface area contributed by atoms with Gasteiger partial charge in [0.1, 0.15) is 0 Å². The van der Waals surface area contributed by atoms with Gasteiger partial charge in [0.05, 0.1) is 12.0 Å². The lowest BCUT2D eigenvalue weighted by Crippen LogP contribution is -2.34. The summed E-state index contributed by atoms with van der Waals surface area (Å²) in [5.74, 6) is 5.47. The average Bonchev–Trinajstić information content (AvgIpc) is 1.87. The maximum Gasteiger partial charge on any atom is 0.0666 e. The summed E-state index contributed by atoms with van der Waals surface area (Å²) in [4.78, 5) is 0. The van der Waals surface area contributed by atoms with Gasteiger partial charge in [0.15, 0.2) is 0 Å². The highest BCUT2D eigenvalue weighted by Gasteiger charge is 2.01. The summed E-state index contributed by atoms with van der Waals surface area (Å²) >= 11 is 0. The average molecular weight is 127 g/mol. The van der Waals surface area contributed by atoms with E-state index in [-0.39, 0.29) is 5.92 Å². The first kappa shape index (κ1) is 8.41. The number of hydrogen-bond acceptors (Lipinski definition) is 3. The van der Waals surface area contributed by atoms with Crippen LogP contribution >= 0.6 is 0 Å². The summed E-state index contributed by atoms with van der Waals surface area (Å²) in [6.45, 7) is 5.28. The fourth-order valence-corrected chi connectivity index (χ4v) is 0.522. The highest BCUT2D eigenvalue weighted by molar-refractivity contribution is 4.79. The van der Waals surface area contributed by atoms with Gasteiger partial charge in [-0.3, -0.25) is 5.84 Å². The molecule has 0 spiro atoms. The minimum Gasteiger partial charge on any atom is -0.269 e. The molecule has 0 fully saturated rings. The zero-order valence-corrected chi connectivity index (χ0v) is 5.96. The van der Waals surface area contributed by atoms with E-state index in [0.29, 0.717) is 6.54 Å². The second kappa shape index (κ2) is 4.30. The van der Waals surface area contributed by atoms with Crippen LogP contribution in [0.4, 0.5) is 0 Å². The predicted octanol–water partition coefficient (Wildman–Crippen LogP) is 0.342. The third kappa shape index (κ3) is 3.95. The van der Waals surface area contributed by atoms with E-state index in [2.05, 4.69) is 6.07 Å². The third-order valence-corrected chi connectivity index (χ3v) is 1.13. The lowest BCUT2D eigenvalue weighted by Gasteiger charge is -2.13. The molecule has 0 bridgehead atoms. The Morgan fingerprint density at radius 3 is 2.67 bits per heavy atom. The Morgan fingerprint density at radius 2 is 2.33 bits per heavy atom. The Labute approximate surface area is 56.0 Å². The van der Waals surface area contributed by atoms with Gasteiger partial charge in [0, 0.05) is 13.1 Å². The number of nitriles is 1. The molecule has 0 amide bonds. The van der Waals surface area contributed by atoms with Gasteiger partial charge in [0.2, 0.25) is 0 Å². The van der Waals surface area contributed by atoms with Crippen molar-refractivity contribution in [2.75, 3.05) is 13.1 Å². The maximum absolute atomic E-state index is 8.35. The van der Waals surface area contributed by atoms with Gasteiger partial charge in [-0.25, -0.2) is 5.01 Å². The zero-order valence-electron chi connectivity index (χ0n) is 5.96. The third-order valence-electron chi connectivity index (χ3n) is 1.13. The Morgan fingerprint density at radius 1 is 1.78 bits per heavy atom. The van der Waals surface area contributed by atoms with E-state index in [1.54, 1.807) is 5.01 Å². The van der Waals surface area contributed by atoms with Crippen LogP contribution in [0, 0.1) is 17.2 Å². The number of hydrazine groups is 1. The molecule has 3 nitrogen and oxygen atoms in total. The Kier molecular flexibility index (Phi) is 4.02. The van der Waals surface area contributed by atoms with Crippen LogP contribution in [0.2, 0.25) is 0 Å². The van der Waals surface area contributed by atoms with Crippen LogP contribution in [0.25, 0.3) is 0 Å². The molecule has 0 radical (unpaired) electrons. The topological polar surface area (TPSA) is 53.0 Å². The number of nitrogens with zero attached hydrogens (tertiary/aromatic N) is 2. The van der Waals surface area contributed by atoms with Gasteiger partial charge in [-0.05, 0) is 6.92 Å². The van der Waals surface area contributed by atoms with E-state index < -0.39 is 0 Å². The van der Waals surface area contributed by atoms with Gasteiger partial charge < -0.3 is 0 Å². The van der Waals surface area contributed by atoms with Gasteiger partial charge >= 0.3 is 0 Å². The Bertz CT molecular complexity index is 105. The molecule has 1 unspecified atom stereocenters. The van der Waals surface area contributed by atoms with E-state index in [1.165, 1.54) is 0 Å². The first-order chi connectivity index (χ1) is 4.20. The lowest BCUT2D eigenvalue weighted by molar-refractivity contribution is 0.277. The van der Waals surface area contributed by atoms with Crippen molar-refractivity contribution in [1.82, 2.24) is 5.01 Å². The fraction of sp³-hybridized carbons (Fsp3) is 0.833. The smallest absolute Gasteiger partial charge is 0.0666 e. The van der Waals surface area contributed by atoms with Crippen LogP contribution in [-0.2, 0) is 0 Å². The molecule has 0 saturated heterocycles. The largest absolute Gasteiger partial charge is 0.269 e. The fourth-order valence-electron chi connectivity index (χ4n) is 0.522. The number of rotatable bonds is 3. The monoisotopic (exact) mass is 127 g/mol. The Hall–Kier alpha value is -0.590. The van der Waals surface area contributed by atoms with E-state index in [0.717, 1.165) is 6.54 Å². The molecule has 2 N–H and O–H groups in total. The number of hydrogen-bond donors (Lipinski definition) is 1. The minimum absolute atomic E-state index is 0.0370. The van der Waals surface area contributed by atoms with E-state index in [1.807, 2.05) is 13.8 Å². The SMILES string of the molecule is CCN(N)CC(C)C#N. The molecular formula is C6H13N3. The van der Waals surface area contributed by atoms with Crippen molar-refractivity contribution < 1.29 is 0 Å². The van der Waals surface area contributed by atoms with Crippen molar-refractivity contribution >= 4 is 0 Å².